The van der Waals surface area contributed by atoms with Gasteiger partial charge in [0.05, 0.1) is 30.9 Å². The Balaban J connectivity index is 1.34. The number of anilines is 2. The van der Waals surface area contributed by atoms with Crippen molar-refractivity contribution >= 4 is 27.8 Å². The number of hydrogen-bond donors (Lipinski definition) is 2. The molecule has 0 aliphatic rings. The number of aromatic nitrogens is 4. The molecule has 0 saturated carbocycles. The normalized spacial score (nSPS) is 11.0. The minimum Gasteiger partial charge on any atom is -0.481 e. The number of methoxy groups -OCH3 is 1. The molecule has 0 atom stereocenters. The van der Waals surface area contributed by atoms with E-state index in [1.165, 1.54) is 5.56 Å². The zero-order valence-corrected chi connectivity index (χ0v) is 16.0. The lowest BCUT2D eigenvalue weighted by molar-refractivity contribution is 0.398. The maximum atomic E-state index is 5.07. The minimum absolute atomic E-state index is 0.590. The van der Waals surface area contributed by atoms with Crippen LogP contribution in [0.3, 0.4) is 0 Å². The zero-order valence-electron chi connectivity index (χ0n) is 15.1. The van der Waals surface area contributed by atoms with Crippen LogP contribution >= 0.6 is 11.3 Å². The molecule has 4 rings (SSSR count). The number of thiazole rings is 1. The molecule has 27 heavy (non-hydrogen) atoms. The summed E-state index contributed by atoms with van der Waals surface area (Å²) in [5, 5.41) is 7.56. The van der Waals surface area contributed by atoms with Crippen LogP contribution in [0.25, 0.3) is 5.65 Å². The van der Waals surface area contributed by atoms with Crippen LogP contribution in [0.1, 0.15) is 16.1 Å². The van der Waals surface area contributed by atoms with Gasteiger partial charge in [-0.1, -0.05) is 6.07 Å². The van der Waals surface area contributed by atoms with Gasteiger partial charge in [-0.3, -0.25) is 0 Å². The predicted octanol–water partition coefficient (Wildman–Crippen LogP) is 3.54. The summed E-state index contributed by atoms with van der Waals surface area (Å²) in [5.41, 5.74) is 4.20. The molecular formula is C19H20N6OS. The van der Waals surface area contributed by atoms with Crippen molar-refractivity contribution in [3.8, 4) is 5.88 Å². The number of aryl methyl sites for hydroxylation is 1. The van der Waals surface area contributed by atoms with Gasteiger partial charge in [0, 0.05) is 36.4 Å². The van der Waals surface area contributed by atoms with E-state index in [-0.39, 0.29) is 0 Å². The molecule has 4 heterocycles. The summed E-state index contributed by atoms with van der Waals surface area (Å²) in [4.78, 5) is 14.3. The highest BCUT2D eigenvalue weighted by molar-refractivity contribution is 7.15. The van der Waals surface area contributed by atoms with Gasteiger partial charge in [0.25, 0.3) is 0 Å². The molecule has 4 aromatic rings. The Bertz CT molecular complexity index is 1040. The summed E-state index contributed by atoms with van der Waals surface area (Å²) in [7, 11) is 1.60. The second-order valence-electron chi connectivity index (χ2n) is 6.08. The molecular weight excluding hydrogens is 360 g/mol. The van der Waals surface area contributed by atoms with E-state index in [9.17, 15) is 0 Å². The molecule has 0 bridgehead atoms. The van der Waals surface area contributed by atoms with Gasteiger partial charge in [0.2, 0.25) is 5.88 Å². The van der Waals surface area contributed by atoms with Crippen molar-refractivity contribution in [1.82, 2.24) is 24.7 Å². The molecule has 0 amide bonds. The first-order valence-corrected chi connectivity index (χ1v) is 9.38. The first-order chi connectivity index (χ1) is 13.2. The molecule has 0 radical (unpaired) electrons. The lowest BCUT2D eigenvalue weighted by Crippen LogP contribution is -2.13. The quantitative estimate of drug-likeness (QED) is 0.511. The summed E-state index contributed by atoms with van der Waals surface area (Å²) < 4.78 is 7.19. The van der Waals surface area contributed by atoms with E-state index in [4.69, 9.17) is 4.74 Å². The highest BCUT2D eigenvalue weighted by atomic mass is 32.1. The first-order valence-electron chi connectivity index (χ1n) is 8.57. The SMILES string of the molecule is COc1ccc(Nc2ncc(CNCc3cnc4c(C)cccn34)s2)cn1. The van der Waals surface area contributed by atoms with Crippen molar-refractivity contribution in [2.24, 2.45) is 0 Å². The van der Waals surface area contributed by atoms with Gasteiger partial charge < -0.3 is 19.8 Å². The molecule has 0 saturated heterocycles. The fourth-order valence-corrected chi connectivity index (χ4v) is 3.59. The second kappa shape index (κ2) is 7.73. The summed E-state index contributed by atoms with van der Waals surface area (Å²) in [6.45, 7) is 3.57. The van der Waals surface area contributed by atoms with Gasteiger partial charge in [-0.05, 0) is 24.6 Å². The molecule has 0 spiro atoms. The average molecular weight is 380 g/mol. The van der Waals surface area contributed by atoms with Crippen molar-refractivity contribution in [1.29, 1.82) is 0 Å². The maximum absolute atomic E-state index is 5.07. The van der Waals surface area contributed by atoms with Crippen LogP contribution in [0.4, 0.5) is 10.8 Å². The number of nitrogens with one attached hydrogen (secondary N) is 2. The molecule has 0 aliphatic heterocycles. The molecule has 7 nitrogen and oxygen atoms in total. The van der Waals surface area contributed by atoms with Crippen molar-refractivity contribution in [2.45, 2.75) is 20.0 Å². The third-order valence-corrected chi connectivity index (χ3v) is 5.08. The lowest BCUT2D eigenvalue weighted by atomic mass is 10.3. The van der Waals surface area contributed by atoms with Crippen LogP contribution in [0.15, 0.2) is 49.1 Å². The second-order valence-corrected chi connectivity index (χ2v) is 7.20. The summed E-state index contributed by atoms with van der Waals surface area (Å²) >= 11 is 1.61. The van der Waals surface area contributed by atoms with Crippen LogP contribution < -0.4 is 15.4 Å². The standard InChI is InChI=1S/C19H20N6OS/c1-13-4-3-7-25-15(10-22-18(13)25)9-20-11-16-12-23-19(27-16)24-14-5-6-17(26-2)21-8-14/h3-8,10,12,20H,9,11H2,1-2H3,(H,23,24). The number of rotatable bonds is 7. The number of pyridine rings is 2. The highest BCUT2D eigenvalue weighted by Gasteiger charge is 2.06. The smallest absolute Gasteiger partial charge is 0.213 e. The average Bonchev–Trinajstić information content (AvgIpc) is 3.31. The fraction of sp³-hybridized carbons (Fsp3) is 0.211. The van der Waals surface area contributed by atoms with Crippen molar-refractivity contribution in [2.75, 3.05) is 12.4 Å². The monoisotopic (exact) mass is 380 g/mol. The van der Waals surface area contributed by atoms with Crippen molar-refractivity contribution < 1.29 is 4.74 Å². The van der Waals surface area contributed by atoms with Crippen LogP contribution in [0, 0.1) is 6.92 Å². The number of nitrogens with zero attached hydrogens (tertiary/aromatic N) is 4. The summed E-state index contributed by atoms with van der Waals surface area (Å²) in [6.07, 6.45) is 7.58. The molecule has 0 fully saturated rings. The molecule has 0 aromatic carbocycles. The van der Waals surface area contributed by atoms with E-state index in [1.54, 1.807) is 24.6 Å². The van der Waals surface area contributed by atoms with Crippen molar-refractivity contribution in [3.05, 3.63) is 65.2 Å². The van der Waals surface area contributed by atoms with Crippen LogP contribution in [0.2, 0.25) is 0 Å². The van der Waals surface area contributed by atoms with Crippen LogP contribution in [0.5, 0.6) is 5.88 Å². The van der Waals surface area contributed by atoms with Gasteiger partial charge in [-0.2, -0.15) is 0 Å². The Kier molecular flexibility index (Phi) is 4.99. The van der Waals surface area contributed by atoms with E-state index in [0.717, 1.165) is 40.1 Å². The molecule has 2 N–H and O–H groups in total. The summed E-state index contributed by atoms with van der Waals surface area (Å²) in [5.74, 6) is 0.590. The Labute approximate surface area is 161 Å². The number of fused-ring (bicyclic) bond motifs is 1. The van der Waals surface area contributed by atoms with Crippen LogP contribution in [-0.4, -0.2) is 26.5 Å². The topological polar surface area (TPSA) is 76.4 Å². The largest absolute Gasteiger partial charge is 0.481 e. The molecule has 0 aliphatic carbocycles. The zero-order chi connectivity index (χ0) is 18.6. The Morgan fingerprint density at radius 3 is 2.81 bits per heavy atom. The molecule has 4 aromatic heterocycles. The molecule has 0 unspecified atom stereocenters. The number of ether oxygens (including phenoxy) is 1. The lowest BCUT2D eigenvalue weighted by Gasteiger charge is -2.04. The van der Waals surface area contributed by atoms with E-state index >= 15 is 0 Å². The van der Waals surface area contributed by atoms with Gasteiger partial charge in [-0.15, -0.1) is 11.3 Å². The number of hydrogen-bond acceptors (Lipinski definition) is 7. The Morgan fingerprint density at radius 1 is 1.07 bits per heavy atom. The van der Waals surface area contributed by atoms with Gasteiger partial charge in [0.15, 0.2) is 5.13 Å². The maximum Gasteiger partial charge on any atom is 0.213 e. The van der Waals surface area contributed by atoms with E-state index in [1.807, 2.05) is 36.8 Å². The number of imidazole rings is 1. The molecule has 8 heteroatoms. The minimum atomic E-state index is 0.590. The Morgan fingerprint density at radius 2 is 2.00 bits per heavy atom. The fourth-order valence-electron chi connectivity index (χ4n) is 2.79. The highest BCUT2D eigenvalue weighted by Crippen LogP contribution is 2.23. The van der Waals surface area contributed by atoms with Crippen molar-refractivity contribution in [3.63, 3.8) is 0 Å². The third-order valence-electron chi connectivity index (χ3n) is 4.16. The van der Waals surface area contributed by atoms with Crippen LogP contribution in [-0.2, 0) is 13.1 Å². The van der Waals surface area contributed by atoms with E-state index < -0.39 is 0 Å². The Hall–Kier alpha value is -2.97. The van der Waals surface area contributed by atoms with Gasteiger partial charge >= 0.3 is 0 Å². The molecule has 138 valence electrons. The van der Waals surface area contributed by atoms with Gasteiger partial charge in [-0.25, -0.2) is 15.0 Å². The van der Waals surface area contributed by atoms with E-state index in [0.29, 0.717) is 5.88 Å². The summed E-state index contributed by atoms with van der Waals surface area (Å²) in [6, 6.07) is 7.85. The predicted molar refractivity (Wildman–Crippen MR) is 107 cm³/mol. The first kappa shape index (κ1) is 17.4. The van der Waals surface area contributed by atoms with Gasteiger partial charge in [0.1, 0.15) is 5.65 Å². The third kappa shape index (κ3) is 3.91. The van der Waals surface area contributed by atoms with E-state index in [2.05, 4.69) is 43.0 Å².